The van der Waals surface area contributed by atoms with E-state index in [1.165, 1.54) is 0 Å². The number of hydrogen-bond donors (Lipinski definition) is 1. The van der Waals surface area contributed by atoms with Gasteiger partial charge in [0, 0.05) is 11.6 Å². The zero-order valence-electron chi connectivity index (χ0n) is 11.5. The standard InChI is InChI=1S/C15H16BrNO3S/c1-20-11-10-12-6-2-4-8-14(12)17-21(18,19)15-9-5-3-7-13(15)16/h2-9,17H,10-11H2,1H3. The number of anilines is 1. The van der Waals surface area contributed by atoms with Gasteiger partial charge in [-0.05, 0) is 46.1 Å². The van der Waals surface area contributed by atoms with E-state index < -0.39 is 10.0 Å². The molecule has 0 atom stereocenters. The molecule has 0 unspecified atom stereocenters. The topological polar surface area (TPSA) is 55.4 Å². The summed E-state index contributed by atoms with van der Waals surface area (Å²) in [5, 5.41) is 0. The van der Waals surface area contributed by atoms with Gasteiger partial charge in [-0.25, -0.2) is 8.42 Å². The van der Waals surface area contributed by atoms with Crippen molar-refractivity contribution >= 4 is 31.6 Å². The van der Waals surface area contributed by atoms with Crippen LogP contribution >= 0.6 is 15.9 Å². The van der Waals surface area contributed by atoms with Gasteiger partial charge in [-0.2, -0.15) is 0 Å². The number of nitrogens with one attached hydrogen (secondary N) is 1. The molecule has 0 aliphatic carbocycles. The minimum Gasteiger partial charge on any atom is -0.384 e. The zero-order chi connectivity index (χ0) is 15.3. The highest BCUT2D eigenvalue weighted by atomic mass is 79.9. The summed E-state index contributed by atoms with van der Waals surface area (Å²) in [6.45, 7) is 0.535. The van der Waals surface area contributed by atoms with Crippen LogP contribution in [-0.4, -0.2) is 22.1 Å². The molecule has 0 spiro atoms. The molecule has 6 heteroatoms. The minimum absolute atomic E-state index is 0.214. The summed E-state index contributed by atoms with van der Waals surface area (Å²) in [7, 11) is -2.01. The molecule has 0 amide bonds. The molecular formula is C15H16BrNO3S. The Morgan fingerprint density at radius 3 is 2.48 bits per heavy atom. The lowest BCUT2D eigenvalue weighted by atomic mass is 10.1. The van der Waals surface area contributed by atoms with E-state index in [4.69, 9.17) is 4.74 Å². The second-order valence-corrected chi connectivity index (χ2v) is 6.94. The van der Waals surface area contributed by atoms with Crippen LogP contribution in [0.25, 0.3) is 0 Å². The number of methoxy groups -OCH3 is 1. The Labute approximate surface area is 133 Å². The molecule has 2 aromatic carbocycles. The predicted octanol–water partition coefficient (Wildman–Crippen LogP) is 3.44. The largest absolute Gasteiger partial charge is 0.384 e. The van der Waals surface area contributed by atoms with Crippen molar-refractivity contribution in [3.05, 3.63) is 58.6 Å². The molecule has 1 N–H and O–H groups in total. The molecule has 4 nitrogen and oxygen atoms in total. The van der Waals surface area contributed by atoms with Crippen LogP contribution in [0, 0.1) is 0 Å². The fourth-order valence-corrected chi connectivity index (χ4v) is 4.02. The first-order valence-electron chi connectivity index (χ1n) is 6.39. The van der Waals surface area contributed by atoms with Gasteiger partial charge in [0.25, 0.3) is 10.0 Å². The number of ether oxygens (including phenoxy) is 1. The van der Waals surface area contributed by atoms with Crippen LogP contribution in [0.2, 0.25) is 0 Å². The molecule has 0 saturated heterocycles. The Hall–Kier alpha value is -1.37. The molecule has 0 aliphatic heterocycles. The van der Waals surface area contributed by atoms with Crippen LogP contribution in [0.1, 0.15) is 5.56 Å². The van der Waals surface area contributed by atoms with Crippen molar-refractivity contribution in [3.63, 3.8) is 0 Å². The molecule has 21 heavy (non-hydrogen) atoms. The highest BCUT2D eigenvalue weighted by Crippen LogP contribution is 2.25. The van der Waals surface area contributed by atoms with Crippen molar-refractivity contribution in [2.45, 2.75) is 11.3 Å². The molecule has 2 aromatic rings. The molecule has 0 heterocycles. The van der Waals surface area contributed by atoms with Gasteiger partial charge in [0.15, 0.2) is 0 Å². The second-order valence-electron chi connectivity index (χ2n) is 4.44. The third-order valence-electron chi connectivity index (χ3n) is 2.96. The second kappa shape index (κ2) is 7.06. The molecular weight excluding hydrogens is 354 g/mol. The first kappa shape index (κ1) is 16.0. The Kier molecular flexibility index (Phi) is 5.39. The van der Waals surface area contributed by atoms with Crippen LogP contribution < -0.4 is 4.72 Å². The molecule has 0 bridgehead atoms. The van der Waals surface area contributed by atoms with E-state index in [-0.39, 0.29) is 4.90 Å². The van der Waals surface area contributed by atoms with Gasteiger partial charge in [0.1, 0.15) is 4.90 Å². The highest BCUT2D eigenvalue weighted by molar-refractivity contribution is 9.10. The van der Waals surface area contributed by atoms with E-state index in [0.717, 1.165) is 5.56 Å². The fourth-order valence-electron chi connectivity index (χ4n) is 1.91. The maximum atomic E-state index is 12.5. The van der Waals surface area contributed by atoms with Crippen molar-refractivity contribution < 1.29 is 13.2 Å². The number of rotatable bonds is 6. The van der Waals surface area contributed by atoms with E-state index >= 15 is 0 Å². The first-order chi connectivity index (χ1) is 10.0. The number of benzene rings is 2. The third-order valence-corrected chi connectivity index (χ3v) is 5.34. The van der Waals surface area contributed by atoms with Gasteiger partial charge in [0.2, 0.25) is 0 Å². The monoisotopic (exact) mass is 369 g/mol. The van der Waals surface area contributed by atoms with Gasteiger partial charge < -0.3 is 4.74 Å². The van der Waals surface area contributed by atoms with Crippen LogP contribution in [-0.2, 0) is 21.2 Å². The summed E-state index contributed by atoms with van der Waals surface area (Å²) in [4.78, 5) is 0.214. The molecule has 0 saturated carbocycles. The van der Waals surface area contributed by atoms with Crippen molar-refractivity contribution in [2.75, 3.05) is 18.4 Å². The van der Waals surface area contributed by atoms with E-state index in [1.54, 1.807) is 43.5 Å². The summed E-state index contributed by atoms with van der Waals surface area (Å²) in [5.74, 6) is 0. The summed E-state index contributed by atoms with van der Waals surface area (Å²) in [6, 6.07) is 14.0. The molecule has 0 fully saturated rings. The third kappa shape index (κ3) is 4.06. The van der Waals surface area contributed by atoms with Gasteiger partial charge in [-0.3, -0.25) is 4.72 Å². The lowest BCUT2D eigenvalue weighted by Crippen LogP contribution is -2.15. The zero-order valence-corrected chi connectivity index (χ0v) is 13.9. The SMILES string of the molecule is COCCc1ccccc1NS(=O)(=O)c1ccccc1Br. The predicted molar refractivity (Wildman–Crippen MR) is 87.0 cm³/mol. The lowest BCUT2D eigenvalue weighted by molar-refractivity contribution is 0.202. The summed E-state index contributed by atoms with van der Waals surface area (Å²) < 4.78 is 33.2. The van der Waals surface area contributed by atoms with Gasteiger partial charge in [-0.1, -0.05) is 30.3 Å². The van der Waals surface area contributed by atoms with Crippen molar-refractivity contribution in [1.29, 1.82) is 0 Å². The Morgan fingerprint density at radius 1 is 1.10 bits per heavy atom. The van der Waals surface area contributed by atoms with Crippen LogP contribution in [0.3, 0.4) is 0 Å². The molecule has 0 aromatic heterocycles. The number of para-hydroxylation sites is 1. The Bertz CT molecular complexity index is 716. The first-order valence-corrected chi connectivity index (χ1v) is 8.66. The molecule has 0 aliphatic rings. The van der Waals surface area contributed by atoms with Crippen molar-refractivity contribution in [2.24, 2.45) is 0 Å². The summed E-state index contributed by atoms with van der Waals surface area (Å²) in [5.41, 5.74) is 1.47. The average molecular weight is 370 g/mol. The van der Waals surface area contributed by atoms with Crippen LogP contribution in [0.5, 0.6) is 0 Å². The quantitative estimate of drug-likeness (QED) is 0.848. The lowest BCUT2D eigenvalue weighted by Gasteiger charge is -2.13. The molecule has 2 rings (SSSR count). The van der Waals surface area contributed by atoms with Gasteiger partial charge in [-0.15, -0.1) is 0 Å². The van der Waals surface area contributed by atoms with Crippen molar-refractivity contribution in [3.8, 4) is 0 Å². The molecule has 0 radical (unpaired) electrons. The van der Waals surface area contributed by atoms with Gasteiger partial charge in [0.05, 0.1) is 12.3 Å². The number of halogens is 1. The average Bonchev–Trinajstić information content (AvgIpc) is 2.46. The Balaban J connectivity index is 2.31. The maximum Gasteiger partial charge on any atom is 0.263 e. The summed E-state index contributed by atoms with van der Waals surface area (Å²) >= 11 is 3.27. The normalized spacial score (nSPS) is 11.3. The minimum atomic E-state index is -3.63. The van der Waals surface area contributed by atoms with Crippen LogP contribution in [0.15, 0.2) is 57.9 Å². The van der Waals surface area contributed by atoms with Crippen LogP contribution in [0.4, 0.5) is 5.69 Å². The number of sulfonamides is 1. The van der Waals surface area contributed by atoms with Crippen molar-refractivity contribution in [1.82, 2.24) is 0 Å². The van der Waals surface area contributed by atoms with E-state index in [9.17, 15) is 8.42 Å². The number of hydrogen-bond acceptors (Lipinski definition) is 3. The van der Waals surface area contributed by atoms with Gasteiger partial charge >= 0.3 is 0 Å². The highest BCUT2D eigenvalue weighted by Gasteiger charge is 2.18. The fraction of sp³-hybridized carbons (Fsp3) is 0.200. The smallest absolute Gasteiger partial charge is 0.263 e. The van der Waals surface area contributed by atoms with E-state index in [0.29, 0.717) is 23.2 Å². The van der Waals surface area contributed by atoms with E-state index in [2.05, 4.69) is 20.7 Å². The molecule has 112 valence electrons. The van der Waals surface area contributed by atoms with E-state index in [1.807, 2.05) is 12.1 Å². The maximum absolute atomic E-state index is 12.5. The Morgan fingerprint density at radius 2 is 1.76 bits per heavy atom. The summed E-state index contributed by atoms with van der Waals surface area (Å²) in [6.07, 6.45) is 0.644.